The first kappa shape index (κ1) is 21.9. The van der Waals surface area contributed by atoms with Gasteiger partial charge in [0, 0.05) is 23.1 Å². The second-order valence-electron chi connectivity index (χ2n) is 7.40. The number of anilines is 1. The molecule has 0 radical (unpaired) electrons. The van der Waals surface area contributed by atoms with E-state index < -0.39 is 10.9 Å². The zero-order valence-corrected chi connectivity index (χ0v) is 18.1. The fourth-order valence-corrected chi connectivity index (χ4v) is 4.95. The van der Waals surface area contributed by atoms with Gasteiger partial charge in [-0.05, 0) is 50.8 Å². The molecule has 30 heavy (non-hydrogen) atoms. The molecule has 1 atom stereocenters. The van der Waals surface area contributed by atoms with Crippen molar-refractivity contribution in [2.24, 2.45) is 0 Å². The molecule has 0 saturated carbocycles. The van der Waals surface area contributed by atoms with Crippen LogP contribution in [0.15, 0.2) is 24.3 Å². The van der Waals surface area contributed by atoms with Crippen LogP contribution in [0.1, 0.15) is 52.2 Å². The standard InChI is InChI=1S/C21H25N3O5S/c1-13(14-7-6-8-15(11-14)24(27)28)23(2)12-18(25)22-20-19(21(26)29-3)16-9-4-5-10-17(16)30-20/h6-8,11,13H,4-5,9-10,12H2,1-3H3,(H,22,25). The predicted octanol–water partition coefficient (Wildman–Crippen LogP) is 3.95. The van der Waals surface area contributed by atoms with Gasteiger partial charge in [0.2, 0.25) is 5.91 Å². The summed E-state index contributed by atoms with van der Waals surface area (Å²) in [5.74, 6) is -0.679. The number of hydrogen-bond acceptors (Lipinski definition) is 7. The molecule has 0 spiro atoms. The number of hydrogen-bond donors (Lipinski definition) is 1. The van der Waals surface area contributed by atoms with Crippen LogP contribution in [0.4, 0.5) is 10.7 Å². The van der Waals surface area contributed by atoms with E-state index in [1.807, 2.05) is 6.92 Å². The van der Waals surface area contributed by atoms with Gasteiger partial charge in [0.25, 0.3) is 5.69 Å². The highest BCUT2D eigenvalue weighted by Gasteiger charge is 2.27. The van der Waals surface area contributed by atoms with Crippen molar-refractivity contribution in [2.45, 2.75) is 38.6 Å². The summed E-state index contributed by atoms with van der Waals surface area (Å²) in [7, 11) is 3.12. The van der Waals surface area contributed by atoms with E-state index >= 15 is 0 Å². The Morgan fingerprint density at radius 1 is 1.33 bits per heavy atom. The maximum atomic E-state index is 12.7. The average Bonchev–Trinajstić information content (AvgIpc) is 3.10. The quantitative estimate of drug-likeness (QED) is 0.405. The number of likely N-dealkylation sites (N-methyl/N-ethyl adjacent to an activating group) is 1. The molecule has 0 aliphatic heterocycles. The van der Waals surface area contributed by atoms with Crippen molar-refractivity contribution in [1.82, 2.24) is 4.90 Å². The number of benzene rings is 1. The Kier molecular flexibility index (Phi) is 6.84. The number of methoxy groups -OCH3 is 1. The van der Waals surface area contributed by atoms with Gasteiger partial charge in [0.05, 0.1) is 24.1 Å². The molecule has 3 rings (SSSR count). The molecule has 1 unspecified atom stereocenters. The number of nitro benzene ring substituents is 1. The first-order valence-corrected chi connectivity index (χ1v) is 10.6. The van der Waals surface area contributed by atoms with Crippen molar-refractivity contribution in [3.8, 4) is 0 Å². The molecule has 0 bridgehead atoms. The van der Waals surface area contributed by atoms with Crippen LogP contribution < -0.4 is 5.32 Å². The predicted molar refractivity (Wildman–Crippen MR) is 115 cm³/mol. The van der Waals surface area contributed by atoms with Crippen molar-refractivity contribution in [2.75, 3.05) is 26.0 Å². The van der Waals surface area contributed by atoms with Crippen molar-refractivity contribution in [1.29, 1.82) is 0 Å². The number of fused-ring (bicyclic) bond motifs is 1. The molecule has 1 N–H and O–H groups in total. The lowest BCUT2D eigenvalue weighted by Crippen LogP contribution is -2.32. The van der Waals surface area contributed by atoms with E-state index in [1.165, 1.54) is 30.6 Å². The average molecular weight is 432 g/mol. The number of aryl methyl sites for hydroxylation is 1. The number of carbonyl (C=O) groups is 2. The third-order valence-electron chi connectivity index (χ3n) is 5.43. The van der Waals surface area contributed by atoms with Gasteiger partial charge in [0.1, 0.15) is 5.00 Å². The van der Waals surface area contributed by atoms with Crippen LogP contribution in [0.25, 0.3) is 0 Å². The van der Waals surface area contributed by atoms with Crippen LogP contribution in [0.3, 0.4) is 0 Å². The summed E-state index contributed by atoms with van der Waals surface area (Å²) in [6.45, 7) is 1.96. The maximum Gasteiger partial charge on any atom is 0.341 e. The highest BCUT2D eigenvalue weighted by molar-refractivity contribution is 7.17. The number of esters is 1. The van der Waals surface area contributed by atoms with Gasteiger partial charge < -0.3 is 10.1 Å². The molecule has 8 nitrogen and oxygen atoms in total. The molecule has 1 aromatic carbocycles. The van der Waals surface area contributed by atoms with Crippen LogP contribution in [0.2, 0.25) is 0 Å². The minimum Gasteiger partial charge on any atom is -0.465 e. The van der Waals surface area contributed by atoms with Crippen LogP contribution in [-0.4, -0.2) is 42.4 Å². The number of thiophene rings is 1. The number of amides is 1. The number of rotatable bonds is 7. The Morgan fingerprint density at radius 2 is 2.07 bits per heavy atom. The van der Waals surface area contributed by atoms with Crippen molar-refractivity contribution >= 4 is 33.9 Å². The molecule has 1 aliphatic carbocycles. The Morgan fingerprint density at radius 3 is 2.77 bits per heavy atom. The van der Waals surface area contributed by atoms with Crippen molar-refractivity contribution < 1.29 is 19.2 Å². The summed E-state index contributed by atoms with van der Waals surface area (Å²) < 4.78 is 4.94. The second-order valence-corrected chi connectivity index (χ2v) is 8.50. The van der Waals surface area contributed by atoms with E-state index in [0.29, 0.717) is 10.6 Å². The first-order chi connectivity index (χ1) is 14.3. The molecule has 0 saturated heterocycles. The lowest BCUT2D eigenvalue weighted by molar-refractivity contribution is -0.384. The lowest BCUT2D eigenvalue weighted by atomic mass is 9.95. The summed E-state index contributed by atoms with van der Waals surface area (Å²) >= 11 is 1.44. The Hall–Kier alpha value is -2.78. The van der Waals surface area contributed by atoms with Crippen LogP contribution in [-0.2, 0) is 22.4 Å². The summed E-state index contributed by atoms with van der Waals surface area (Å²) in [6.07, 6.45) is 3.81. The van der Waals surface area contributed by atoms with E-state index in [9.17, 15) is 19.7 Å². The van der Waals surface area contributed by atoms with Gasteiger partial charge in [-0.25, -0.2) is 4.79 Å². The molecular weight excluding hydrogens is 406 g/mol. The summed E-state index contributed by atoms with van der Waals surface area (Å²) in [6, 6.07) is 6.19. The Labute approximate surface area is 179 Å². The third kappa shape index (κ3) is 4.68. The number of nitro groups is 1. The van der Waals surface area contributed by atoms with Crippen LogP contribution >= 0.6 is 11.3 Å². The molecule has 160 valence electrons. The monoisotopic (exact) mass is 431 g/mol. The first-order valence-electron chi connectivity index (χ1n) is 9.79. The molecule has 1 heterocycles. The van der Waals surface area contributed by atoms with E-state index in [-0.39, 0.29) is 24.2 Å². The van der Waals surface area contributed by atoms with Gasteiger partial charge >= 0.3 is 5.97 Å². The van der Waals surface area contributed by atoms with Gasteiger partial charge in [-0.2, -0.15) is 0 Å². The molecule has 1 aliphatic rings. The molecular formula is C21H25N3O5S. The van der Waals surface area contributed by atoms with E-state index in [0.717, 1.165) is 41.7 Å². The van der Waals surface area contributed by atoms with Crippen LogP contribution in [0.5, 0.6) is 0 Å². The normalized spacial score (nSPS) is 14.1. The SMILES string of the molecule is COC(=O)c1c(NC(=O)CN(C)C(C)c2cccc([N+](=O)[O-])c2)sc2c1CCCC2. The van der Waals surface area contributed by atoms with E-state index in [4.69, 9.17) is 4.74 Å². The summed E-state index contributed by atoms with van der Waals surface area (Å²) in [4.78, 5) is 38.5. The van der Waals surface area contributed by atoms with Crippen molar-refractivity contribution in [3.05, 3.63) is 55.9 Å². The number of ether oxygens (including phenoxy) is 1. The largest absolute Gasteiger partial charge is 0.465 e. The highest BCUT2D eigenvalue weighted by atomic mass is 32.1. The fourth-order valence-electron chi connectivity index (χ4n) is 3.65. The lowest BCUT2D eigenvalue weighted by Gasteiger charge is -2.24. The topological polar surface area (TPSA) is 102 Å². The third-order valence-corrected chi connectivity index (χ3v) is 6.64. The smallest absolute Gasteiger partial charge is 0.341 e. The number of non-ortho nitro benzene ring substituents is 1. The highest BCUT2D eigenvalue weighted by Crippen LogP contribution is 2.38. The molecule has 1 amide bonds. The Bertz CT molecular complexity index is 972. The molecule has 2 aromatic rings. The van der Waals surface area contributed by atoms with E-state index in [2.05, 4.69) is 5.32 Å². The van der Waals surface area contributed by atoms with Gasteiger partial charge in [-0.1, -0.05) is 12.1 Å². The second kappa shape index (κ2) is 9.36. The van der Waals surface area contributed by atoms with Gasteiger partial charge in [0.15, 0.2) is 0 Å². The molecule has 1 aromatic heterocycles. The minimum absolute atomic E-state index is 0.0177. The molecule has 0 fully saturated rings. The Balaban J connectivity index is 1.72. The zero-order chi connectivity index (χ0) is 21.8. The molecule has 9 heteroatoms. The zero-order valence-electron chi connectivity index (χ0n) is 17.3. The number of carbonyl (C=O) groups excluding carboxylic acids is 2. The van der Waals surface area contributed by atoms with Gasteiger partial charge in [-0.3, -0.25) is 19.8 Å². The number of nitrogens with one attached hydrogen (secondary N) is 1. The summed E-state index contributed by atoms with van der Waals surface area (Å²) in [5, 5.41) is 14.4. The van der Waals surface area contributed by atoms with Gasteiger partial charge in [-0.15, -0.1) is 11.3 Å². The van der Waals surface area contributed by atoms with E-state index in [1.54, 1.807) is 24.1 Å². The number of nitrogens with zero attached hydrogens (tertiary/aromatic N) is 2. The minimum atomic E-state index is -0.435. The van der Waals surface area contributed by atoms with Crippen molar-refractivity contribution in [3.63, 3.8) is 0 Å². The maximum absolute atomic E-state index is 12.7. The fraction of sp³-hybridized carbons (Fsp3) is 0.429. The van der Waals surface area contributed by atoms with Crippen LogP contribution in [0, 0.1) is 10.1 Å². The summed E-state index contributed by atoms with van der Waals surface area (Å²) in [5.41, 5.74) is 2.23.